The Morgan fingerprint density at radius 2 is 1.79 bits per heavy atom. The summed E-state index contributed by atoms with van der Waals surface area (Å²) >= 11 is 1.42. The van der Waals surface area contributed by atoms with Crippen molar-refractivity contribution in [2.24, 2.45) is 0 Å². The molecular weight excluding hydrogens is 384 g/mol. The van der Waals surface area contributed by atoms with E-state index in [9.17, 15) is 4.79 Å². The summed E-state index contributed by atoms with van der Waals surface area (Å²) in [6, 6.07) is 18.4. The first kappa shape index (κ1) is 19.5. The SMILES string of the molecule is CCN(CC)c1ccc(-c2nnc(SC3CCOC3=O)n2-c2ccccc2)cc1. The van der Waals surface area contributed by atoms with Crippen LogP contribution in [0, 0.1) is 0 Å². The molecule has 0 amide bonds. The van der Waals surface area contributed by atoms with Crippen LogP contribution in [-0.4, -0.2) is 45.7 Å². The summed E-state index contributed by atoms with van der Waals surface area (Å²) < 4.78 is 7.13. The van der Waals surface area contributed by atoms with Crippen molar-refractivity contribution in [3.05, 3.63) is 54.6 Å². The van der Waals surface area contributed by atoms with E-state index in [1.54, 1.807) is 0 Å². The molecule has 1 aliphatic heterocycles. The van der Waals surface area contributed by atoms with Crippen molar-refractivity contribution in [2.45, 2.75) is 30.7 Å². The van der Waals surface area contributed by atoms with Crippen LogP contribution in [0.25, 0.3) is 17.1 Å². The highest BCUT2D eigenvalue weighted by Gasteiger charge is 2.30. The lowest BCUT2D eigenvalue weighted by Gasteiger charge is -2.21. The van der Waals surface area contributed by atoms with Gasteiger partial charge < -0.3 is 9.64 Å². The molecule has 6 nitrogen and oxygen atoms in total. The van der Waals surface area contributed by atoms with Gasteiger partial charge in [0.05, 0.1) is 6.61 Å². The predicted molar refractivity (Wildman–Crippen MR) is 116 cm³/mol. The normalized spacial score (nSPS) is 16.1. The molecule has 29 heavy (non-hydrogen) atoms. The van der Waals surface area contributed by atoms with Crippen LogP contribution in [0.1, 0.15) is 20.3 Å². The van der Waals surface area contributed by atoms with Crippen molar-refractivity contribution in [1.82, 2.24) is 14.8 Å². The van der Waals surface area contributed by atoms with Gasteiger partial charge in [-0.15, -0.1) is 10.2 Å². The molecule has 3 aromatic rings. The third-order valence-corrected chi connectivity index (χ3v) is 6.22. The summed E-state index contributed by atoms with van der Waals surface area (Å²) in [6.45, 7) is 6.71. The average molecular weight is 409 g/mol. The Labute approximate surface area is 174 Å². The summed E-state index contributed by atoms with van der Waals surface area (Å²) in [5.74, 6) is 0.582. The minimum atomic E-state index is -0.237. The van der Waals surface area contributed by atoms with Gasteiger partial charge in [-0.2, -0.15) is 0 Å². The molecule has 150 valence electrons. The van der Waals surface area contributed by atoms with Gasteiger partial charge >= 0.3 is 5.97 Å². The number of benzene rings is 2. The summed E-state index contributed by atoms with van der Waals surface area (Å²) in [4.78, 5) is 14.3. The number of carbonyl (C=O) groups is 1. The molecule has 1 aliphatic rings. The van der Waals surface area contributed by atoms with E-state index in [1.165, 1.54) is 17.4 Å². The van der Waals surface area contributed by atoms with E-state index in [0.29, 0.717) is 18.2 Å². The monoisotopic (exact) mass is 408 g/mol. The smallest absolute Gasteiger partial charge is 0.319 e. The van der Waals surface area contributed by atoms with E-state index in [1.807, 2.05) is 34.9 Å². The quantitative estimate of drug-likeness (QED) is 0.547. The van der Waals surface area contributed by atoms with Crippen LogP contribution in [0.2, 0.25) is 0 Å². The molecule has 1 saturated heterocycles. The van der Waals surface area contributed by atoms with Crippen molar-refractivity contribution in [3.63, 3.8) is 0 Å². The Balaban J connectivity index is 1.72. The molecule has 2 aromatic carbocycles. The fourth-order valence-corrected chi connectivity index (χ4v) is 4.48. The van der Waals surface area contributed by atoms with Gasteiger partial charge in [-0.1, -0.05) is 30.0 Å². The van der Waals surface area contributed by atoms with Crippen LogP contribution in [0.5, 0.6) is 0 Å². The molecule has 1 fully saturated rings. The number of esters is 1. The fraction of sp³-hybridized carbons (Fsp3) is 0.318. The number of hydrogen-bond donors (Lipinski definition) is 0. The van der Waals surface area contributed by atoms with Gasteiger partial charge in [0, 0.05) is 36.4 Å². The van der Waals surface area contributed by atoms with Gasteiger partial charge in [0.15, 0.2) is 11.0 Å². The average Bonchev–Trinajstić information content (AvgIpc) is 3.37. The number of aromatic nitrogens is 3. The molecule has 0 N–H and O–H groups in total. The molecule has 7 heteroatoms. The maximum Gasteiger partial charge on any atom is 0.319 e. The van der Waals surface area contributed by atoms with E-state index in [0.717, 1.165) is 30.2 Å². The third kappa shape index (κ3) is 4.00. The van der Waals surface area contributed by atoms with Crippen molar-refractivity contribution in [1.29, 1.82) is 0 Å². The number of para-hydroxylation sites is 1. The minimum absolute atomic E-state index is 0.178. The molecule has 2 heterocycles. The maximum atomic E-state index is 12.0. The largest absolute Gasteiger partial charge is 0.465 e. The van der Waals surface area contributed by atoms with Crippen molar-refractivity contribution in [3.8, 4) is 17.1 Å². The number of rotatable bonds is 7. The summed E-state index contributed by atoms with van der Waals surface area (Å²) in [6.07, 6.45) is 0.694. The highest BCUT2D eigenvalue weighted by Crippen LogP contribution is 2.33. The molecule has 0 radical (unpaired) electrons. The zero-order chi connectivity index (χ0) is 20.2. The number of nitrogens with zero attached hydrogens (tertiary/aromatic N) is 4. The lowest BCUT2D eigenvalue weighted by molar-refractivity contribution is -0.137. The molecular formula is C22H24N4O2S. The van der Waals surface area contributed by atoms with Gasteiger partial charge in [0.2, 0.25) is 0 Å². The van der Waals surface area contributed by atoms with Gasteiger partial charge in [0.25, 0.3) is 0 Å². The number of ether oxygens (including phenoxy) is 1. The van der Waals surface area contributed by atoms with E-state index in [4.69, 9.17) is 4.74 Å². The Bertz CT molecular complexity index is 968. The first-order chi connectivity index (χ1) is 14.2. The predicted octanol–water partition coefficient (Wildman–Crippen LogP) is 4.19. The van der Waals surface area contributed by atoms with Gasteiger partial charge in [-0.3, -0.25) is 9.36 Å². The second kappa shape index (κ2) is 8.69. The molecule has 4 rings (SSSR count). The van der Waals surface area contributed by atoms with Crippen molar-refractivity contribution in [2.75, 3.05) is 24.6 Å². The zero-order valence-electron chi connectivity index (χ0n) is 16.6. The molecule has 0 saturated carbocycles. The summed E-state index contributed by atoms with van der Waals surface area (Å²) in [5, 5.41) is 9.35. The first-order valence-corrected chi connectivity index (χ1v) is 10.8. The van der Waals surface area contributed by atoms with Crippen LogP contribution in [-0.2, 0) is 9.53 Å². The number of cyclic esters (lactones) is 1. The molecule has 1 aromatic heterocycles. The Hall–Kier alpha value is -2.80. The lowest BCUT2D eigenvalue weighted by Crippen LogP contribution is -2.21. The van der Waals surface area contributed by atoms with Crippen LogP contribution in [0.3, 0.4) is 0 Å². The van der Waals surface area contributed by atoms with Crippen LogP contribution in [0.15, 0.2) is 59.8 Å². The van der Waals surface area contributed by atoms with E-state index >= 15 is 0 Å². The van der Waals surface area contributed by atoms with Gasteiger partial charge in [0.1, 0.15) is 5.25 Å². The number of carbonyl (C=O) groups excluding carboxylic acids is 1. The second-order valence-corrected chi connectivity index (χ2v) is 7.93. The second-order valence-electron chi connectivity index (χ2n) is 6.76. The van der Waals surface area contributed by atoms with Crippen LogP contribution >= 0.6 is 11.8 Å². The Morgan fingerprint density at radius 1 is 1.07 bits per heavy atom. The van der Waals surface area contributed by atoms with Gasteiger partial charge in [-0.05, 0) is 50.2 Å². The molecule has 0 spiro atoms. The van der Waals surface area contributed by atoms with Gasteiger partial charge in [-0.25, -0.2) is 0 Å². The minimum Gasteiger partial charge on any atom is -0.465 e. The van der Waals surface area contributed by atoms with E-state index < -0.39 is 0 Å². The van der Waals surface area contributed by atoms with E-state index in [2.05, 4.69) is 53.2 Å². The molecule has 1 unspecified atom stereocenters. The highest BCUT2D eigenvalue weighted by molar-refractivity contribution is 8.00. The Morgan fingerprint density at radius 3 is 2.41 bits per heavy atom. The Kier molecular flexibility index (Phi) is 5.85. The molecule has 0 aliphatic carbocycles. The standard InChI is InChI=1S/C22H24N4O2S/c1-3-25(4-2)17-12-10-16(11-13-17)20-23-24-22(29-19-14-15-28-21(19)27)26(20)18-8-6-5-7-9-18/h5-13,19H,3-4,14-15H2,1-2H3. The highest BCUT2D eigenvalue weighted by atomic mass is 32.2. The fourth-order valence-electron chi connectivity index (χ4n) is 3.46. The number of hydrogen-bond acceptors (Lipinski definition) is 6. The topological polar surface area (TPSA) is 60.2 Å². The molecule has 1 atom stereocenters. The van der Waals surface area contributed by atoms with Crippen molar-refractivity contribution >= 4 is 23.4 Å². The maximum absolute atomic E-state index is 12.0. The number of anilines is 1. The zero-order valence-corrected chi connectivity index (χ0v) is 17.4. The third-order valence-electron chi connectivity index (χ3n) is 5.04. The summed E-state index contributed by atoms with van der Waals surface area (Å²) in [5.41, 5.74) is 3.14. The van der Waals surface area contributed by atoms with Crippen molar-refractivity contribution < 1.29 is 9.53 Å². The van der Waals surface area contributed by atoms with Crippen LogP contribution < -0.4 is 4.90 Å². The first-order valence-electron chi connectivity index (χ1n) is 9.90. The van der Waals surface area contributed by atoms with E-state index in [-0.39, 0.29) is 11.2 Å². The van der Waals surface area contributed by atoms with Crippen LogP contribution in [0.4, 0.5) is 5.69 Å². The lowest BCUT2D eigenvalue weighted by atomic mass is 10.1. The number of thioether (sulfide) groups is 1. The summed E-state index contributed by atoms with van der Waals surface area (Å²) in [7, 11) is 0. The molecule has 0 bridgehead atoms.